The molecule has 4 rings (SSSR count). The maximum Gasteiger partial charge on any atom is 0.262 e. The highest BCUT2D eigenvalue weighted by Crippen LogP contribution is 2.29. The number of fused-ring (bicyclic) bond motifs is 1. The van der Waals surface area contributed by atoms with Crippen molar-refractivity contribution < 1.29 is 4.79 Å². The van der Waals surface area contributed by atoms with Crippen molar-refractivity contribution in [3.63, 3.8) is 0 Å². The number of anilines is 1. The van der Waals surface area contributed by atoms with Gasteiger partial charge >= 0.3 is 0 Å². The third-order valence-corrected chi connectivity index (χ3v) is 6.23. The van der Waals surface area contributed by atoms with Gasteiger partial charge in [0, 0.05) is 5.69 Å². The van der Waals surface area contributed by atoms with Crippen molar-refractivity contribution in [2.24, 2.45) is 0 Å². The quantitative estimate of drug-likeness (QED) is 0.331. The molecule has 4 aromatic rings. The number of rotatable bonds is 6. The summed E-state index contributed by atoms with van der Waals surface area (Å²) < 4.78 is 1.63. The highest BCUT2D eigenvalue weighted by Gasteiger charge is 2.20. The van der Waals surface area contributed by atoms with Gasteiger partial charge in [-0.1, -0.05) is 62.0 Å². The molecule has 2 aromatic carbocycles. The molecule has 1 amide bonds. The van der Waals surface area contributed by atoms with Crippen molar-refractivity contribution >= 4 is 34.4 Å². The van der Waals surface area contributed by atoms with E-state index in [2.05, 4.69) is 34.2 Å². The molecule has 32 heavy (non-hydrogen) atoms. The molecule has 0 aliphatic heterocycles. The fourth-order valence-corrected chi connectivity index (χ4v) is 4.29. The van der Waals surface area contributed by atoms with Gasteiger partial charge in [0.05, 0.1) is 17.1 Å². The molecule has 0 aliphatic rings. The van der Waals surface area contributed by atoms with Gasteiger partial charge in [-0.15, -0.1) is 0 Å². The lowest BCUT2D eigenvalue weighted by atomic mass is 9.98. The number of aromatic amines is 1. The van der Waals surface area contributed by atoms with Crippen LogP contribution in [-0.4, -0.2) is 30.9 Å². The van der Waals surface area contributed by atoms with Crippen molar-refractivity contribution in [1.29, 1.82) is 0 Å². The Hall–Kier alpha value is -3.39. The maximum absolute atomic E-state index is 13.0. The summed E-state index contributed by atoms with van der Waals surface area (Å²) in [5.41, 5.74) is 3.93. The van der Waals surface area contributed by atoms with Gasteiger partial charge in [-0.3, -0.25) is 9.59 Å². The number of carbonyl (C=O) groups excluding carboxylic acids is 1. The Morgan fingerprint density at radius 3 is 2.56 bits per heavy atom. The number of hydrogen-bond acceptors (Lipinski definition) is 5. The zero-order chi connectivity index (χ0) is 22.8. The summed E-state index contributed by atoms with van der Waals surface area (Å²) in [4.78, 5) is 32.9. The van der Waals surface area contributed by atoms with Crippen LogP contribution in [-0.2, 0) is 4.79 Å². The molecule has 8 heteroatoms. The minimum absolute atomic E-state index is 0.148. The SMILES string of the molecule is Cc1cccc(C(C)C)c1NC(=O)C(C)Sc1nc2c(cnn2-c2ccccc2)c(=O)[nH]1. The summed E-state index contributed by atoms with van der Waals surface area (Å²) in [5.74, 6) is 0.136. The molecule has 0 bridgehead atoms. The second-order valence-corrected chi connectivity index (χ2v) is 9.27. The van der Waals surface area contributed by atoms with Gasteiger partial charge in [-0.2, -0.15) is 5.10 Å². The minimum atomic E-state index is -0.469. The van der Waals surface area contributed by atoms with E-state index in [4.69, 9.17) is 0 Å². The smallest absolute Gasteiger partial charge is 0.262 e. The molecule has 1 atom stereocenters. The first-order valence-corrected chi connectivity index (χ1v) is 11.3. The fourth-order valence-electron chi connectivity index (χ4n) is 3.50. The first kappa shape index (κ1) is 21.8. The van der Waals surface area contributed by atoms with Gasteiger partial charge in [0.15, 0.2) is 10.8 Å². The summed E-state index contributed by atoms with van der Waals surface area (Å²) in [5, 5.41) is 7.69. The Bertz CT molecular complexity index is 1330. The zero-order valence-corrected chi connectivity index (χ0v) is 19.2. The van der Waals surface area contributed by atoms with Crippen LogP contribution in [0, 0.1) is 6.92 Å². The molecule has 1 unspecified atom stereocenters. The normalized spacial score (nSPS) is 12.3. The van der Waals surface area contributed by atoms with Gasteiger partial charge in [0.1, 0.15) is 5.39 Å². The molecule has 164 valence electrons. The Balaban J connectivity index is 1.60. The van der Waals surface area contributed by atoms with Gasteiger partial charge in [-0.25, -0.2) is 9.67 Å². The number of hydrogen-bond donors (Lipinski definition) is 2. The van der Waals surface area contributed by atoms with Crippen LogP contribution >= 0.6 is 11.8 Å². The summed E-state index contributed by atoms with van der Waals surface area (Å²) in [6.45, 7) is 7.98. The number of nitrogens with zero attached hydrogens (tertiary/aromatic N) is 3. The van der Waals surface area contributed by atoms with Crippen LogP contribution < -0.4 is 10.9 Å². The number of benzene rings is 2. The zero-order valence-electron chi connectivity index (χ0n) is 18.4. The van der Waals surface area contributed by atoms with Gasteiger partial charge in [-0.05, 0) is 43.0 Å². The van der Waals surface area contributed by atoms with Crippen LogP contribution in [0.1, 0.15) is 37.8 Å². The number of H-pyrrole nitrogens is 1. The fraction of sp³-hybridized carbons (Fsp3) is 0.250. The van der Waals surface area contributed by atoms with E-state index < -0.39 is 5.25 Å². The minimum Gasteiger partial charge on any atom is -0.325 e. The Morgan fingerprint density at radius 1 is 1.09 bits per heavy atom. The largest absolute Gasteiger partial charge is 0.325 e. The van der Waals surface area contributed by atoms with E-state index in [0.29, 0.717) is 16.2 Å². The van der Waals surface area contributed by atoms with Crippen LogP contribution in [0.5, 0.6) is 0 Å². The summed E-state index contributed by atoms with van der Waals surface area (Å²) in [7, 11) is 0. The summed E-state index contributed by atoms with van der Waals surface area (Å²) >= 11 is 1.21. The van der Waals surface area contributed by atoms with E-state index in [0.717, 1.165) is 22.5 Å². The number of para-hydroxylation sites is 2. The van der Waals surface area contributed by atoms with Crippen LogP contribution in [0.3, 0.4) is 0 Å². The summed E-state index contributed by atoms with van der Waals surface area (Å²) in [6.07, 6.45) is 1.50. The lowest BCUT2D eigenvalue weighted by Crippen LogP contribution is -2.24. The average molecular weight is 448 g/mol. The molecule has 2 aromatic heterocycles. The average Bonchev–Trinajstić information content (AvgIpc) is 3.20. The maximum atomic E-state index is 13.0. The Labute approximate surface area is 190 Å². The van der Waals surface area contributed by atoms with Crippen LogP contribution in [0.4, 0.5) is 5.69 Å². The van der Waals surface area contributed by atoms with E-state index in [1.54, 1.807) is 11.6 Å². The van der Waals surface area contributed by atoms with E-state index in [9.17, 15) is 9.59 Å². The molecule has 0 radical (unpaired) electrons. The monoisotopic (exact) mass is 447 g/mol. The molecular formula is C24H25N5O2S. The molecule has 2 N–H and O–H groups in total. The van der Waals surface area contributed by atoms with Crippen molar-refractivity contribution in [3.8, 4) is 5.69 Å². The number of thioether (sulfide) groups is 1. The number of nitrogens with one attached hydrogen (secondary N) is 2. The van der Waals surface area contributed by atoms with E-state index in [-0.39, 0.29) is 17.4 Å². The van der Waals surface area contributed by atoms with Crippen molar-refractivity contribution in [2.75, 3.05) is 5.32 Å². The lowest BCUT2D eigenvalue weighted by Gasteiger charge is -2.18. The molecule has 0 aliphatic carbocycles. The molecular weight excluding hydrogens is 422 g/mol. The van der Waals surface area contributed by atoms with E-state index >= 15 is 0 Å². The Morgan fingerprint density at radius 2 is 1.84 bits per heavy atom. The van der Waals surface area contributed by atoms with E-state index in [1.807, 2.05) is 55.5 Å². The predicted molar refractivity (Wildman–Crippen MR) is 129 cm³/mol. The third-order valence-electron chi connectivity index (χ3n) is 5.25. The van der Waals surface area contributed by atoms with Crippen LogP contribution in [0.15, 0.2) is 64.7 Å². The first-order valence-electron chi connectivity index (χ1n) is 10.5. The number of carbonyl (C=O) groups is 1. The number of aryl methyl sites for hydroxylation is 1. The second kappa shape index (κ2) is 9.00. The second-order valence-electron chi connectivity index (χ2n) is 7.94. The topological polar surface area (TPSA) is 92.7 Å². The van der Waals surface area contributed by atoms with Gasteiger partial charge in [0.25, 0.3) is 5.56 Å². The van der Waals surface area contributed by atoms with Crippen LogP contribution in [0.2, 0.25) is 0 Å². The van der Waals surface area contributed by atoms with Crippen molar-refractivity contribution in [1.82, 2.24) is 19.7 Å². The molecule has 0 saturated heterocycles. The van der Waals surface area contributed by atoms with Gasteiger partial charge in [0.2, 0.25) is 5.91 Å². The standard InChI is InChI=1S/C24H25N5O2S/c1-14(2)18-12-8-9-15(3)20(18)26-22(30)16(4)32-24-27-21-19(23(31)28-24)13-25-29(21)17-10-6-5-7-11-17/h5-14,16H,1-4H3,(H,26,30)(H,27,28,31). The molecule has 2 heterocycles. The molecule has 0 saturated carbocycles. The number of amides is 1. The van der Waals surface area contributed by atoms with Crippen LogP contribution in [0.25, 0.3) is 16.7 Å². The Kier molecular flexibility index (Phi) is 6.14. The molecule has 0 spiro atoms. The van der Waals surface area contributed by atoms with Crippen molar-refractivity contribution in [3.05, 3.63) is 76.2 Å². The first-order chi connectivity index (χ1) is 15.3. The molecule has 0 fully saturated rings. The lowest BCUT2D eigenvalue weighted by molar-refractivity contribution is -0.115. The predicted octanol–water partition coefficient (Wildman–Crippen LogP) is 4.66. The highest BCUT2D eigenvalue weighted by molar-refractivity contribution is 8.00. The third kappa shape index (κ3) is 4.31. The van der Waals surface area contributed by atoms with Gasteiger partial charge < -0.3 is 10.3 Å². The van der Waals surface area contributed by atoms with Crippen molar-refractivity contribution in [2.45, 2.75) is 44.0 Å². The number of aromatic nitrogens is 4. The summed E-state index contributed by atoms with van der Waals surface area (Å²) in [6, 6.07) is 15.5. The highest BCUT2D eigenvalue weighted by atomic mass is 32.2. The van der Waals surface area contributed by atoms with E-state index in [1.165, 1.54) is 18.0 Å². The molecule has 7 nitrogen and oxygen atoms in total.